The molecule has 0 saturated heterocycles. The van der Waals surface area contributed by atoms with Crippen molar-refractivity contribution in [3.05, 3.63) is 64.1 Å². The van der Waals surface area contributed by atoms with E-state index in [1.165, 1.54) is 11.6 Å². The SMILES string of the molecule is Fc1ccc(NC2CC(c3ccccc3Br)C2)cc1F. The van der Waals surface area contributed by atoms with E-state index in [1.54, 1.807) is 6.07 Å². The van der Waals surface area contributed by atoms with Crippen LogP contribution in [0.15, 0.2) is 46.9 Å². The summed E-state index contributed by atoms with van der Waals surface area (Å²) in [6, 6.07) is 12.5. The van der Waals surface area contributed by atoms with Gasteiger partial charge in [0.2, 0.25) is 0 Å². The number of nitrogens with one attached hydrogen (secondary N) is 1. The second-order valence-corrected chi connectivity index (χ2v) is 6.01. The molecule has 1 fully saturated rings. The molecule has 2 aromatic carbocycles. The molecule has 1 aliphatic carbocycles. The van der Waals surface area contributed by atoms with Crippen molar-refractivity contribution >= 4 is 21.6 Å². The highest BCUT2D eigenvalue weighted by Crippen LogP contribution is 2.41. The van der Waals surface area contributed by atoms with E-state index in [1.807, 2.05) is 18.2 Å². The Kier molecular flexibility index (Phi) is 3.74. The molecule has 0 bridgehead atoms. The van der Waals surface area contributed by atoms with Gasteiger partial charge in [-0.3, -0.25) is 0 Å². The largest absolute Gasteiger partial charge is 0.382 e. The molecule has 4 heteroatoms. The lowest BCUT2D eigenvalue weighted by Gasteiger charge is -2.37. The summed E-state index contributed by atoms with van der Waals surface area (Å²) in [5.74, 6) is -1.10. The average Bonchev–Trinajstić information content (AvgIpc) is 2.39. The molecule has 1 saturated carbocycles. The molecular weight excluding hydrogens is 324 g/mol. The lowest BCUT2D eigenvalue weighted by molar-refractivity contribution is 0.373. The van der Waals surface area contributed by atoms with Crippen molar-refractivity contribution in [3.63, 3.8) is 0 Å². The third-order valence-electron chi connectivity index (χ3n) is 3.77. The molecule has 2 aromatic rings. The fraction of sp³-hybridized carbons (Fsp3) is 0.250. The topological polar surface area (TPSA) is 12.0 Å². The highest BCUT2D eigenvalue weighted by Gasteiger charge is 2.31. The van der Waals surface area contributed by atoms with Gasteiger partial charge in [-0.1, -0.05) is 34.1 Å². The molecule has 0 amide bonds. The minimum absolute atomic E-state index is 0.317. The van der Waals surface area contributed by atoms with Crippen molar-refractivity contribution in [3.8, 4) is 0 Å². The van der Waals surface area contributed by atoms with Gasteiger partial charge in [0.05, 0.1) is 0 Å². The van der Waals surface area contributed by atoms with Gasteiger partial charge in [-0.05, 0) is 42.5 Å². The van der Waals surface area contributed by atoms with Gasteiger partial charge in [-0.25, -0.2) is 8.78 Å². The first-order valence-corrected chi connectivity index (χ1v) is 7.39. The van der Waals surface area contributed by atoms with Crippen LogP contribution in [0, 0.1) is 11.6 Å². The maximum Gasteiger partial charge on any atom is 0.160 e. The van der Waals surface area contributed by atoms with Crippen LogP contribution < -0.4 is 5.32 Å². The highest BCUT2D eigenvalue weighted by atomic mass is 79.9. The van der Waals surface area contributed by atoms with Gasteiger partial charge >= 0.3 is 0 Å². The Morgan fingerprint density at radius 1 is 1.00 bits per heavy atom. The van der Waals surface area contributed by atoms with Crippen LogP contribution in [0.2, 0.25) is 0 Å². The Bertz CT molecular complexity index is 624. The van der Waals surface area contributed by atoms with Gasteiger partial charge in [0.1, 0.15) is 0 Å². The van der Waals surface area contributed by atoms with Crippen molar-refractivity contribution in [2.24, 2.45) is 0 Å². The minimum Gasteiger partial charge on any atom is -0.382 e. The monoisotopic (exact) mass is 337 g/mol. The van der Waals surface area contributed by atoms with E-state index in [0.29, 0.717) is 17.6 Å². The smallest absolute Gasteiger partial charge is 0.160 e. The molecular formula is C16H14BrF2N. The van der Waals surface area contributed by atoms with Crippen LogP contribution in [0.5, 0.6) is 0 Å². The number of anilines is 1. The molecule has 0 unspecified atom stereocenters. The van der Waals surface area contributed by atoms with Crippen molar-refractivity contribution in [1.82, 2.24) is 0 Å². The summed E-state index contributed by atoms with van der Waals surface area (Å²) in [6.45, 7) is 0. The van der Waals surface area contributed by atoms with Crippen LogP contribution in [-0.4, -0.2) is 6.04 Å². The van der Waals surface area contributed by atoms with E-state index in [-0.39, 0.29) is 0 Å². The predicted octanol–water partition coefficient (Wildman–Crippen LogP) is 5.09. The molecule has 104 valence electrons. The summed E-state index contributed by atoms with van der Waals surface area (Å²) in [4.78, 5) is 0. The molecule has 0 heterocycles. The zero-order valence-corrected chi connectivity index (χ0v) is 12.3. The molecule has 20 heavy (non-hydrogen) atoms. The van der Waals surface area contributed by atoms with E-state index in [2.05, 4.69) is 27.3 Å². The average molecular weight is 338 g/mol. The van der Waals surface area contributed by atoms with E-state index in [9.17, 15) is 8.78 Å². The lowest BCUT2D eigenvalue weighted by atomic mass is 9.76. The zero-order chi connectivity index (χ0) is 14.1. The molecule has 1 N–H and O–H groups in total. The van der Waals surface area contributed by atoms with Crippen LogP contribution in [0.1, 0.15) is 24.3 Å². The molecule has 0 aliphatic heterocycles. The summed E-state index contributed by atoms with van der Waals surface area (Å²) in [5.41, 5.74) is 1.95. The first kappa shape index (κ1) is 13.6. The zero-order valence-electron chi connectivity index (χ0n) is 10.7. The summed E-state index contributed by atoms with van der Waals surface area (Å²) in [7, 11) is 0. The number of benzene rings is 2. The van der Waals surface area contributed by atoms with Crippen molar-refractivity contribution in [1.29, 1.82) is 0 Å². The lowest BCUT2D eigenvalue weighted by Crippen LogP contribution is -2.34. The standard InChI is InChI=1S/C16H14BrF2N/c17-14-4-2-1-3-13(14)10-7-12(8-10)20-11-5-6-15(18)16(19)9-11/h1-6,9-10,12,20H,7-8H2. The van der Waals surface area contributed by atoms with Gasteiger partial charge in [-0.2, -0.15) is 0 Å². The Morgan fingerprint density at radius 3 is 2.45 bits per heavy atom. The van der Waals surface area contributed by atoms with E-state index >= 15 is 0 Å². The van der Waals surface area contributed by atoms with Crippen molar-refractivity contribution < 1.29 is 8.78 Å². The fourth-order valence-corrected chi connectivity index (χ4v) is 3.23. The van der Waals surface area contributed by atoms with E-state index in [4.69, 9.17) is 0 Å². The van der Waals surface area contributed by atoms with Crippen molar-refractivity contribution in [2.45, 2.75) is 24.8 Å². The van der Waals surface area contributed by atoms with Gasteiger partial charge in [-0.15, -0.1) is 0 Å². The van der Waals surface area contributed by atoms with Gasteiger partial charge in [0.25, 0.3) is 0 Å². The molecule has 0 spiro atoms. The van der Waals surface area contributed by atoms with Gasteiger partial charge in [0.15, 0.2) is 11.6 Å². The number of halogens is 3. The minimum atomic E-state index is -0.810. The third-order valence-corrected chi connectivity index (χ3v) is 4.50. The van der Waals surface area contributed by atoms with Crippen molar-refractivity contribution in [2.75, 3.05) is 5.32 Å². The summed E-state index contributed by atoms with van der Waals surface area (Å²) in [5, 5.41) is 3.24. The molecule has 1 aliphatic rings. The van der Waals surface area contributed by atoms with Crippen LogP contribution >= 0.6 is 15.9 Å². The van der Waals surface area contributed by atoms with Crippen LogP contribution in [0.3, 0.4) is 0 Å². The van der Waals surface area contributed by atoms with E-state index in [0.717, 1.165) is 23.4 Å². The summed E-state index contributed by atoms with van der Waals surface area (Å²) in [6.07, 6.45) is 2.00. The van der Waals surface area contributed by atoms with Gasteiger partial charge in [0, 0.05) is 22.3 Å². The first-order valence-electron chi connectivity index (χ1n) is 6.59. The fourth-order valence-electron chi connectivity index (χ4n) is 2.62. The summed E-state index contributed by atoms with van der Waals surface area (Å²) < 4.78 is 27.1. The maximum absolute atomic E-state index is 13.1. The number of hydrogen-bond acceptors (Lipinski definition) is 1. The van der Waals surface area contributed by atoms with Crippen LogP contribution in [0.25, 0.3) is 0 Å². The Balaban J connectivity index is 1.61. The maximum atomic E-state index is 13.1. The predicted molar refractivity (Wildman–Crippen MR) is 79.9 cm³/mol. The summed E-state index contributed by atoms with van der Waals surface area (Å²) >= 11 is 3.56. The quantitative estimate of drug-likeness (QED) is 0.822. The third kappa shape index (κ3) is 2.70. The second kappa shape index (κ2) is 5.52. The first-order chi connectivity index (χ1) is 9.63. The highest BCUT2D eigenvalue weighted by molar-refractivity contribution is 9.10. The molecule has 0 radical (unpaired) electrons. The molecule has 1 nitrogen and oxygen atoms in total. The Labute approximate surface area is 125 Å². The van der Waals surface area contributed by atoms with Crippen LogP contribution in [0.4, 0.5) is 14.5 Å². The number of hydrogen-bond donors (Lipinski definition) is 1. The van der Waals surface area contributed by atoms with Gasteiger partial charge < -0.3 is 5.32 Å². The Morgan fingerprint density at radius 2 is 1.75 bits per heavy atom. The molecule has 0 atom stereocenters. The van der Waals surface area contributed by atoms with Crippen LogP contribution in [-0.2, 0) is 0 Å². The normalized spacial score (nSPS) is 21.4. The molecule has 0 aromatic heterocycles. The second-order valence-electron chi connectivity index (χ2n) is 5.16. The molecule has 3 rings (SSSR count). The Hall–Kier alpha value is -1.42. The number of rotatable bonds is 3. The van der Waals surface area contributed by atoms with E-state index < -0.39 is 11.6 Å².